The zero-order valence-electron chi connectivity index (χ0n) is 53.9. The molecule has 4 N–H and O–H groups in total. The standard InChI is InChI=1S/2C25H26FNO4.C18H22BrNO2.C7H5BFO4.3CH4/c2*26-20-13-18(12-19(14-20)24(29)30)16-3-5-17(6-4-16)21-15-25(21)7-9-27(10-8-25)23(28)22-2-1-11-31-22;19-14-5-3-13(4-6-14)15-12-18(15)7-9-20(10-8-18)17(21)16-2-1-11-22-16;9-5-1-4(7(10)11)2-6(3-5)13-8-12;;;/h2*3-6,12-14,21-22H,1-2,7-11,15H2,(H,29,30);3-6,15-16H,1-2,7-12H2;1-3,12H,(H,10,11);3*1H4/t21-,22+;21-,22-;15?,16-;;;;/m011..../s1. The van der Waals surface area contributed by atoms with Gasteiger partial charge in [0.25, 0.3) is 17.7 Å². The van der Waals surface area contributed by atoms with E-state index in [1.54, 1.807) is 0 Å². The summed E-state index contributed by atoms with van der Waals surface area (Å²) in [6.07, 6.45) is 14.9. The van der Waals surface area contributed by atoms with Crippen molar-refractivity contribution in [1.82, 2.24) is 14.7 Å². The highest BCUT2D eigenvalue weighted by atomic mass is 79.9. The largest absolute Gasteiger partial charge is 0.569 e. The molecule has 0 aromatic heterocycles. The number of carboxylic acids is 3. The van der Waals surface area contributed by atoms with Crippen LogP contribution in [0.15, 0.2) is 132 Å². The smallest absolute Gasteiger partial charge is 0.537 e. The van der Waals surface area contributed by atoms with Gasteiger partial charge in [-0.05, 0) is 230 Å². The molecular weight excluding hydrogens is 1350 g/mol. The third-order valence-corrected chi connectivity index (χ3v) is 22.1. The first-order valence-electron chi connectivity index (χ1n) is 33.6. The lowest BCUT2D eigenvalue weighted by Gasteiger charge is -2.34. The second-order valence-electron chi connectivity index (χ2n) is 27.4. The summed E-state index contributed by atoms with van der Waals surface area (Å²) >= 11 is 3.50. The molecule has 6 atom stereocenters. The maximum Gasteiger partial charge on any atom is 0.569 e. The average Bonchev–Trinajstić information content (AvgIpc) is 1.59. The zero-order chi connectivity index (χ0) is 68.2. The second kappa shape index (κ2) is 32.8. The van der Waals surface area contributed by atoms with E-state index in [9.17, 15) is 41.9 Å². The maximum absolute atomic E-state index is 13.8. The lowest BCUT2D eigenvalue weighted by Crippen LogP contribution is -2.44. The topological polar surface area (TPSA) is 230 Å². The van der Waals surface area contributed by atoms with Crippen molar-refractivity contribution in [3.63, 3.8) is 0 Å². The van der Waals surface area contributed by atoms with Gasteiger partial charge in [-0.15, -0.1) is 0 Å². The maximum atomic E-state index is 13.8. The number of carboxylic acid groups (broad SMARTS) is 3. The number of ether oxygens (including phenoxy) is 3. The van der Waals surface area contributed by atoms with E-state index in [4.69, 9.17) is 34.6 Å². The summed E-state index contributed by atoms with van der Waals surface area (Å²) in [7, 11) is 0.348. The molecule has 100 heavy (non-hydrogen) atoms. The van der Waals surface area contributed by atoms with E-state index in [1.165, 1.54) is 47.4 Å². The van der Waals surface area contributed by atoms with Gasteiger partial charge in [0, 0.05) is 69.6 Å². The molecular formula is C78H91BBrF3N3O14. The number of piperidine rings is 3. The van der Waals surface area contributed by atoms with Crippen LogP contribution in [-0.2, 0) is 28.6 Å². The fourth-order valence-corrected chi connectivity index (χ4v) is 15.9. The summed E-state index contributed by atoms with van der Waals surface area (Å²) in [5.74, 6) is -3.23. The van der Waals surface area contributed by atoms with Crippen molar-refractivity contribution in [3.05, 3.63) is 183 Å². The number of hydrogen-bond acceptors (Lipinski definition) is 11. The number of aromatic carboxylic acids is 3. The highest BCUT2D eigenvalue weighted by Gasteiger charge is 2.58. The number of halogens is 4. The molecule has 3 aliphatic carbocycles. The van der Waals surface area contributed by atoms with Crippen LogP contribution in [0.25, 0.3) is 22.3 Å². The van der Waals surface area contributed by atoms with Crippen molar-refractivity contribution < 1.29 is 81.1 Å². The molecule has 9 aliphatic rings. The molecule has 6 aliphatic heterocycles. The Kier molecular flexibility index (Phi) is 25.1. The van der Waals surface area contributed by atoms with E-state index >= 15 is 0 Å². The lowest BCUT2D eigenvalue weighted by molar-refractivity contribution is -0.143. The predicted octanol–water partition coefficient (Wildman–Crippen LogP) is 15.0. The van der Waals surface area contributed by atoms with Crippen LogP contribution in [0.4, 0.5) is 13.2 Å². The molecule has 6 aromatic rings. The van der Waals surface area contributed by atoms with E-state index in [-0.39, 0.29) is 91.6 Å². The number of carbonyl (C=O) groups excluding carboxylic acids is 3. The number of hydrogen-bond donors (Lipinski definition) is 4. The molecule has 3 amide bonds. The van der Waals surface area contributed by atoms with Crippen LogP contribution in [-0.4, -0.2) is 156 Å². The van der Waals surface area contributed by atoms with Gasteiger partial charge >= 0.3 is 25.6 Å². The van der Waals surface area contributed by atoms with Crippen molar-refractivity contribution in [2.45, 2.75) is 155 Å². The molecule has 0 bridgehead atoms. The molecule has 17 nitrogen and oxygen atoms in total. The third-order valence-electron chi connectivity index (χ3n) is 21.6. The fourth-order valence-electron chi connectivity index (χ4n) is 15.6. The van der Waals surface area contributed by atoms with Crippen LogP contribution >= 0.6 is 15.9 Å². The molecule has 9 fully saturated rings. The van der Waals surface area contributed by atoms with Crippen LogP contribution < -0.4 is 4.65 Å². The van der Waals surface area contributed by atoms with Gasteiger partial charge < -0.3 is 53.9 Å². The van der Waals surface area contributed by atoms with Crippen LogP contribution in [0.5, 0.6) is 5.75 Å². The fraction of sp³-hybridized carbons (Fsp3) is 0.462. The summed E-state index contributed by atoms with van der Waals surface area (Å²) in [6, 6.07) is 35.5. The minimum atomic E-state index is -1.26. The van der Waals surface area contributed by atoms with Crippen LogP contribution in [0.1, 0.15) is 184 Å². The highest BCUT2D eigenvalue weighted by molar-refractivity contribution is 9.10. The minimum absolute atomic E-state index is 0. The number of carbonyl (C=O) groups is 6. The van der Waals surface area contributed by atoms with Gasteiger partial charge in [-0.1, -0.05) is 98.9 Å². The Morgan fingerprint density at radius 3 is 1.02 bits per heavy atom. The first-order chi connectivity index (χ1) is 46.7. The monoisotopic (exact) mass is 1440 g/mol. The molecule has 22 heteroatoms. The van der Waals surface area contributed by atoms with Crippen LogP contribution in [0.3, 0.4) is 0 Å². The molecule has 6 aromatic carbocycles. The van der Waals surface area contributed by atoms with Crippen LogP contribution in [0.2, 0.25) is 0 Å². The van der Waals surface area contributed by atoms with E-state index in [2.05, 4.69) is 69.1 Å². The Morgan fingerprint density at radius 2 is 0.730 bits per heavy atom. The molecule has 15 rings (SSSR count). The van der Waals surface area contributed by atoms with Gasteiger partial charge in [-0.3, -0.25) is 14.4 Å². The molecule has 6 heterocycles. The molecule has 1 unspecified atom stereocenters. The van der Waals surface area contributed by atoms with Crippen LogP contribution in [0, 0.1) is 33.7 Å². The Morgan fingerprint density at radius 1 is 0.430 bits per heavy atom. The average molecular weight is 1440 g/mol. The van der Waals surface area contributed by atoms with E-state index < -0.39 is 35.4 Å². The van der Waals surface area contributed by atoms with Crippen molar-refractivity contribution in [1.29, 1.82) is 0 Å². The first-order valence-corrected chi connectivity index (χ1v) is 34.4. The Labute approximate surface area is 592 Å². The second-order valence-corrected chi connectivity index (χ2v) is 28.3. The van der Waals surface area contributed by atoms with Crippen molar-refractivity contribution in [2.75, 3.05) is 59.1 Å². The molecule has 1 radical (unpaired) electrons. The summed E-state index contributed by atoms with van der Waals surface area (Å²) in [5.41, 5.74) is 7.40. The minimum Gasteiger partial charge on any atom is -0.537 e. The van der Waals surface area contributed by atoms with E-state index in [0.717, 1.165) is 182 Å². The molecule has 3 spiro atoms. The van der Waals surface area contributed by atoms with Gasteiger partial charge in [0.2, 0.25) is 0 Å². The summed E-state index contributed by atoms with van der Waals surface area (Å²) in [6.45, 7) is 7.16. The first kappa shape index (κ1) is 76.3. The molecule has 3 saturated carbocycles. The molecule has 533 valence electrons. The number of likely N-dealkylation sites (tertiary alicyclic amines) is 3. The lowest BCUT2D eigenvalue weighted by atomic mass is 9.88. The number of amides is 3. The molecule has 6 saturated heterocycles. The summed E-state index contributed by atoms with van der Waals surface area (Å²) in [5, 5.41) is 35.1. The normalized spacial score (nSPS) is 22.9. The Hall–Kier alpha value is -7.89. The van der Waals surface area contributed by atoms with Gasteiger partial charge in [-0.2, -0.15) is 0 Å². The van der Waals surface area contributed by atoms with Gasteiger partial charge in [0.05, 0.1) is 16.7 Å². The third kappa shape index (κ3) is 17.7. The number of nitrogens with zero attached hydrogens (tertiary/aromatic N) is 3. The SMILES string of the molecule is C.C.C.O=C(O)c1cc(F)cc(-c2ccc([C@@H]3CC34CCN(C(=O)[C@H]3CCCO3)CC4)cc2)c1.O=C(O)c1cc(F)cc(-c2ccc([C@H]3CC34CCN(C(=O)[C@H]3CCCO3)CC4)cc2)c1.O=C(O)c1cc(F)cc(O[B]O)c1.O=C([C@H]1CCCO1)N1CCC2(CC1)CC2c1ccc(Br)cc1. The quantitative estimate of drug-likeness (QED) is 0.0789. The summed E-state index contributed by atoms with van der Waals surface area (Å²) in [4.78, 5) is 76.4. The van der Waals surface area contributed by atoms with Crippen molar-refractivity contribution in [2.24, 2.45) is 16.2 Å². The van der Waals surface area contributed by atoms with Crippen molar-refractivity contribution >= 4 is 59.2 Å². The Balaban J connectivity index is 0.000000160. The number of rotatable bonds is 13. The van der Waals surface area contributed by atoms with Crippen molar-refractivity contribution in [3.8, 4) is 28.0 Å². The number of benzene rings is 6. The van der Waals surface area contributed by atoms with Gasteiger partial charge in [0.15, 0.2) is 0 Å². The summed E-state index contributed by atoms with van der Waals surface area (Å²) < 4.78 is 62.5. The van der Waals surface area contributed by atoms with E-state index in [0.29, 0.717) is 55.2 Å². The van der Waals surface area contributed by atoms with E-state index in [1.807, 2.05) is 39.0 Å². The van der Waals surface area contributed by atoms with Gasteiger partial charge in [-0.25, -0.2) is 27.6 Å². The zero-order valence-corrected chi connectivity index (χ0v) is 55.4. The van der Waals surface area contributed by atoms with Gasteiger partial charge in [0.1, 0.15) is 41.5 Å². The highest BCUT2D eigenvalue weighted by Crippen LogP contribution is 2.67. The Bertz CT molecular complexity index is 3690. The predicted molar refractivity (Wildman–Crippen MR) is 378 cm³/mol.